The predicted octanol–water partition coefficient (Wildman–Crippen LogP) is 0.824. The number of carbonyl (C=O) groups is 1. The molecule has 134 valence electrons. The van der Waals surface area contributed by atoms with Gasteiger partial charge >= 0.3 is 0 Å². The summed E-state index contributed by atoms with van der Waals surface area (Å²) in [5.74, 6) is 1.74. The number of amides is 1. The van der Waals surface area contributed by atoms with Gasteiger partial charge in [-0.15, -0.1) is 20.4 Å². The summed E-state index contributed by atoms with van der Waals surface area (Å²) < 4.78 is 3.83. The number of carbonyl (C=O) groups excluding carboxylic acids is 1. The molecule has 0 unspecified atom stereocenters. The van der Waals surface area contributed by atoms with E-state index in [9.17, 15) is 9.90 Å². The van der Waals surface area contributed by atoms with Gasteiger partial charge in [0, 0.05) is 24.2 Å². The number of nitrogens with one attached hydrogen (secondary N) is 1. The Morgan fingerprint density at radius 2 is 2.12 bits per heavy atom. The summed E-state index contributed by atoms with van der Waals surface area (Å²) in [6.45, 7) is -0.0846. The van der Waals surface area contributed by atoms with Crippen molar-refractivity contribution in [1.82, 2.24) is 34.7 Å². The minimum Gasteiger partial charge on any atom is -0.388 e. The van der Waals surface area contributed by atoms with Gasteiger partial charge in [0.15, 0.2) is 11.5 Å². The lowest BCUT2D eigenvalue weighted by Crippen LogP contribution is -2.44. The molecule has 0 radical (unpaired) electrons. The van der Waals surface area contributed by atoms with Gasteiger partial charge in [0.05, 0.1) is 5.56 Å². The molecule has 2 saturated carbocycles. The summed E-state index contributed by atoms with van der Waals surface area (Å²) in [5.41, 5.74) is 1.08. The molecule has 0 bridgehead atoms. The Labute approximate surface area is 149 Å². The Morgan fingerprint density at radius 1 is 1.27 bits per heavy atom. The van der Waals surface area contributed by atoms with Crippen LogP contribution in [0.2, 0.25) is 0 Å². The average Bonchev–Trinajstić information content (AvgIpc) is 3.18. The fourth-order valence-electron chi connectivity index (χ4n) is 3.69. The van der Waals surface area contributed by atoms with E-state index in [4.69, 9.17) is 0 Å². The van der Waals surface area contributed by atoms with Crippen molar-refractivity contribution in [2.24, 2.45) is 0 Å². The van der Waals surface area contributed by atoms with Crippen molar-refractivity contribution < 1.29 is 9.90 Å². The lowest BCUT2D eigenvalue weighted by atomic mass is 9.79. The highest BCUT2D eigenvalue weighted by Gasteiger charge is 2.38. The standard InChI is InChI=1S/C17H19N7O2/c25-8-14-20-22-15(24(14)12-3-4-12)10-6-11(7-10)19-17(26)13-2-1-5-23-9-18-21-16(13)23/h1-2,5,9-12,25H,3-4,6-8H2,(H,19,26). The normalized spacial score (nSPS) is 22.3. The van der Waals surface area contributed by atoms with Gasteiger partial charge in [0.2, 0.25) is 0 Å². The van der Waals surface area contributed by atoms with Crippen LogP contribution in [-0.2, 0) is 6.61 Å². The van der Waals surface area contributed by atoms with Crippen molar-refractivity contribution in [3.8, 4) is 0 Å². The molecule has 0 saturated heterocycles. The maximum Gasteiger partial charge on any atom is 0.255 e. The number of rotatable bonds is 5. The molecule has 3 aromatic heterocycles. The fourth-order valence-corrected chi connectivity index (χ4v) is 3.69. The molecule has 9 heteroatoms. The Bertz CT molecular complexity index is 969. The number of pyridine rings is 1. The van der Waals surface area contributed by atoms with Crippen LogP contribution < -0.4 is 5.32 Å². The minimum atomic E-state index is -0.133. The van der Waals surface area contributed by atoms with Gasteiger partial charge in [-0.25, -0.2) is 0 Å². The number of fused-ring (bicyclic) bond motifs is 1. The largest absolute Gasteiger partial charge is 0.388 e. The zero-order valence-corrected chi connectivity index (χ0v) is 14.1. The quantitative estimate of drug-likeness (QED) is 0.703. The van der Waals surface area contributed by atoms with E-state index >= 15 is 0 Å². The van der Waals surface area contributed by atoms with Crippen LogP contribution in [0.3, 0.4) is 0 Å². The maximum atomic E-state index is 12.6. The predicted molar refractivity (Wildman–Crippen MR) is 90.4 cm³/mol. The van der Waals surface area contributed by atoms with E-state index in [0.29, 0.717) is 23.1 Å². The third-order valence-corrected chi connectivity index (χ3v) is 5.25. The Balaban J connectivity index is 1.27. The highest BCUT2D eigenvalue weighted by Crippen LogP contribution is 2.42. The highest BCUT2D eigenvalue weighted by molar-refractivity contribution is 5.99. The molecule has 0 aliphatic heterocycles. The molecule has 1 amide bonds. The zero-order valence-electron chi connectivity index (χ0n) is 14.1. The average molecular weight is 353 g/mol. The van der Waals surface area contributed by atoms with Crippen molar-refractivity contribution in [3.63, 3.8) is 0 Å². The van der Waals surface area contributed by atoms with Gasteiger partial charge in [-0.2, -0.15) is 0 Å². The van der Waals surface area contributed by atoms with Crippen molar-refractivity contribution in [3.05, 3.63) is 41.9 Å². The van der Waals surface area contributed by atoms with Gasteiger partial charge < -0.3 is 15.0 Å². The topological polar surface area (TPSA) is 110 Å². The minimum absolute atomic E-state index is 0.0846. The zero-order chi connectivity index (χ0) is 17.7. The SMILES string of the molecule is O=C(NC1CC(c2nnc(CO)n2C2CC2)C1)c1cccn2cnnc12. The number of nitrogens with zero attached hydrogens (tertiary/aromatic N) is 6. The van der Waals surface area contributed by atoms with E-state index in [1.165, 1.54) is 0 Å². The van der Waals surface area contributed by atoms with Crippen LogP contribution in [0, 0.1) is 0 Å². The summed E-state index contributed by atoms with van der Waals surface area (Å²) >= 11 is 0. The summed E-state index contributed by atoms with van der Waals surface area (Å²) in [7, 11) is 0. The van der Waals surface area contributed by atoms with Crippen LogP contribution in [0.15, 0.2) is 24.7 Å². The van der Waals surface area contributed by atoms with E-state index in [-0.39, 0.29) is 24.5 Å². The summed E-state index contributed by atoms with van der Waals surface area (Å²) in [5, 5.41) is 28.8. The van der Waals surface area contributed by atoms with E-state index in [2.05, 4.69) is 30.3 Å². The van der Waals surface area contributed by atoms with Crippen molar-refractivity contribution >= 4 is 11.6 Å². The first-order chi connectivity index (χ1) is 12.7. The molecular formula is C17H19N7O2. The Kier molecular flexibility index (Phi) is 3.49. The van der Waals surface area contributed by atoms with Gasteiger partial charge in [0.1, 0.15) is 18.8 Å². The molecule has 0 spiro atoms. The molecule has 0 aromatic carbocycles. The third-order valence-electron chi connectivity index (χ3n) is 5.25. The van der Waals surface area contributed by atoms with Crippen LogP contribution in [0.5, 0.6) is 0 Å². The molecular weight excluding hydrogens is 334 g/mol. The second-order valence-corrected chi connectivity index (χ2v) is 7.06. The fraction of sp³-hybridized carbons (Fsp3) is 0.471. The monoisotopic (exact) mass is 353 g/mol. The van der Waals surface area contributed by atoms with Crippen LogP contribution in [0.4, 0.5) is 0 Å². The molecule has 5 rings (SSSR count). The summed E-state index contributed by atoms with van der Waals surface area (Å²) in [6, 6.07) is 4.11. The Morgan fingerprint density at radius 3 is 2.88 bits per heavy atom. The Hall–Kier alpha value is -2.81. The first kappa shape index (κ1) is 15.4. The third kappa shape index (κ3) is 2.47. The molecule has 2 aliphatic carbocycles. The molecule has 2 aliphatic rings. The number of hydrogen-bond donors (Lipinski definition) is 2. The first-order valence-corrected chi connectivity index (χ1v) is 8.88. The molecule has 26 heavy (non-hydrogen) atoms. The molecule has 9 nitrogen and oxygen atoms in total. The van der Waals surface area contributed by atoms with Gasteiger partial charge in [0.25, 0.3) is 5.91 Å². The number of hydrogen-bond acceptors (Lipinski definition) is 6. The number of aliphatic hydroxyl groups is 1. The molecule has 2 N–H and O–H groups in total. The van der Waals surface area contributed by atoms with E-state index in [1.54, 1.807) is 16.8 Å². The van der Waals surface area contributed by atoms with Crippen molar-refractivity contribution in [2.75, 3.05) is 0 Å². The van der Waals surface area contributed by atoms with E-state index in [0.717, 1.165) is 31.5 Å². The lowest BCUT2D eigenvalue weighted by Gasteiger charge is -2.35. The van der Waals surface area contributed by atoms with Crippen LogP contribution >= 0.6 is 0 Å². The first-order valence-electron chi connectivity index (χ1n) is 8.88. The van der Waals surface area contributed by atoms with Crippen LogP contribution in [0.1, 0.15) is 59.6 Å². The second-order valence-electron chi connectivity index (χ2n) is 7.06. The molecule has 0 atom stereocenters. The van der Waals surface area contributed by atoms with Crippen LogP contribution in [0.25, 0.3) is 5.65 Å². The maximum absolute atomic E-state index is 12.6. The summed E-state index contributed by atoms with van der Waals surface area (Å²) in [6.07, 6.45) is 7.29. The number of aromatic nitrogens is 6. The van der Waals surface area contributed by atoms with E-state index in [1.807, 2.05) is 12.3 Å². The van der Waals surface area contributed by atoms with Gasteiger partial charge in [-0.3, -0.25) is 9.20 Å². The molecule has 3 heterocycles. The van der Waals surface area contributed by atoms with Crippen molar-refractivity contribution in [2.45, 2.75) is 50.3 Å². The molecule has 2 fully saturated rings. The smallest absolute Gasteiger partial charge is 0.255 e. The van der Waals surface area contributed by atoms with Crippen LogP contribution in [-0.4, -0.2) is 46.4 Å². The lowest BCUT2D eigenvalue weighted by molar-refractivity contribution is 0.0907. The number of aliphatic hydroxyl groups excluding tert-OH is 1. The summed E-state index contributed by atoms with van der Waals surface area (Å²) in [4.78, 5) is 12.6. The van der Waals surface area contributed by atoms with Gasteiger partial charge in [-0.05, 0) is 37.8 Å². The highest BCUT2D eigenvalue weighted by atomic mass is 16.3. The van der Waals surface area contributed by atoms with E-state index < -0.39 is 0 Å². The second kappa shape index (κ2) is 5.87. The van der Waals surface area contributed by atoms with Crippen molar-refractivity contribution in [1.29, 1.82) is 0 Å². The van der Waals surface area contributed by atoms with Gasteiger partial charge in [-0.1, -0.05) is 0 Å². The molecule has 3 aromatic rings.